The van der Waals surface area contributed by atoms with Crippen molar-refractivity contribution in [2.75, 3.05) is 0 Å². The normalized spacial score (nSPS) is 14.1. The van der Waals surface area contributed by atoms with Gasteiger partial charge in [-0.05, 0) is 12.5 Å². The Morgan fingerprint density at radius 2 is 1.41 bits per heavy atom. The third-order valence-electron chi connectivity index (χ3n) is 2.21. The minimum Gasteiger partial charge on any atom is -0.319 e. The molecular formula is C10H11ClF5N. The highest BCUT2D eigenvalue weighted by Crippen LogP contribution is 2.43. The predicted octanol–water partition coefficient (Wildman–Crippen LogP) is 3.61. The SMILES string of the molecule is Cc1ccc([C@@H](N)C(F)(F)C(F)(F)F)cc1.Cl. The molecule has 0 aliphatic heterocycles. The summed E-state index contributed by atoms with van der Waals surface area (Å²) in [5, 5.41) is 0. The molecule has 0 aliphatic rings. The molecule has 0 saturated carbocycles. The molecule has 98 valence electrons. The van der Waals surface area contributed by atoms with Crippen LogP contribution < -0.4 is 5.73 Å². The highest BCUT2D eigenvalue weighted by atomic mass is 35.5. The van der Waals surface area contributed by atoms with Gasteiger partial charge in [0, 0.05) is 0 Å². The van der Waals surface area contributed by atoms with Gasteiger partial charge in [0.25, 0.3) is 0 Å². The van der Waals surface area contributed by atoms with Gasteiger partial charge in [-0.15, -0.1) is 12.4 Å². The summed E-state index contributed by atoms with van der Waals surface area (Å²) in [6, 6.07) is 2.82. The number of hydrogen-bond donors (Lipinski definition) is 1. The zero-order valence-corrected chi connectivity index (χ0v) is 9.58. The molecule has 1 rings (SSSR count). The number of nitrogens with two attached hydrogens (primary N) is 1. The monoisotopic (exact) mass is 275 g/mol. The van der Waals surface area contributed by atoms with Crippen LogP contribution in [-0.2, 0) is 0 Å². The van der Waals surface area contributed by atoms with Gasteiger partial charge in [-0.1, -0.05) is 29.8 Å². The molecule has 17 heavy (non-hydrogen) atoms. The van der Waals surface area contributed by atoms with Crippen molar-refractivity contribution in [2.24, 2.45) is 5.73 Å². The molecular weight excluding hydrogens is 265 g/mol. The highest BCUT2D eigenvalue weighted by molar-refractivity contribution is 5.85. The Morgan fingerprint density at radius 1 is 1.00 bits per heavy atom. The van der Waals surface area contributed by atoms with Gasteiger partial charge in [-0.3, -0.25) is 0 Å². The van der Waals surface area contributed by atoms with Crippen molar-refractivity contribution < 1.29 is 22.0 Å². The second-order valence-electron chi connectivity index (χ2n) is 3.51. The zero-order valence-electron chi connectivity index (χ0n) is 8.76. The van der Waals surface area contributed by atoms with Crippen LogP contribution in [0.2, 0.25) is 0 Å². The van der Waals surface area contributed by atoms with Crippen molar-refractivity contribution in [1.82, 2.24) is 0 Å². The quantitative estimate of drug-likeness (QED) is 0.820. The lowest BCUT2D eigenvalue weighted by molar-refractivity contribution is -0.291. The molecule has 2 N–H and O–H groups in total. The fourth-order valence-corrected chi connectivity index (χ4v) is 1.16. The van der Waals surface area contributed by atoms with Crippen molar-refractivity contribution in [3.8, 4) is 0 Å². The minimum absolute atomic E-state index is 0. The second-order valence-corrected chi connectivity index (χ2v) is 3.51. The molecule has 0 bridgehead atoms. The third kappa shape index (κ3) is 3.29. The largest absolute Gasteiger partial charge is 0.455 e. The fraction of sp³-hybridized carbons (Fsp3) is 0.400. The number of aryl methyl sites for hydroxylation is 1. The maximum atomic E-state index is 12.9. The highest BCUT2D eigenvalue weighted by Gasteiger charge is 2.61. The van der Waals surface area contributed by atoms with E-state index >= 15 is 0 Å². The summed E-state index contributed by atoms with van der Waals surface area (Å²) in [7, 11) is 0. The van der Waals surface area contributed by atoms with E-state index in [-0.39, 0.29) is 18.0 Å². The van der Waals surface area contributed by atoms with E-state index in [1.54, 1.807) is 6.92 Å². The van der Waals surface area contributed by atoms with Gasteiger partial charge >= 0.3 is 12.1 Å². The molecule has 0 radical (unpaired) electrons. The van der Waals surface area contributed by atoms with Crippen LogP contribution in [0.1, 0.15) is 17.2 Å². The Balaban J connectivity index is 0.00000256. The van der Waals surface area contributed by atoms with Gasteiger partial charge in [0.1, 0.15) is 6.04 Å². The topological polar surface area (TPSA) is 26.0 Å². The summed E-state index contributed by atoms with van der Waals surface area (Å²) in [5.74, 6) is -4.93. The van der Waals surface area contributed by atoms with E-state index in [1.807, 2.05) is 0 Å². The van der Waals surface area contributed by atoms with Gasteiger partial charge in [0.05, 0.1) is 0 Å². The molecule has 1 aromatic carbocycles. The number of rotatable bonds is 2. The number of benzene rings is 1. The van der Waals surface area contributed by atoms with Crippen molar-refractivity contribution in [1.29, 1.82) is 0 Å². The molecule has 0 amide bonds. The third-order valence-corrected chi connectivity index (χ3v) is 2.21. The van der Waals surface area contributed by atoms with Crippen LogP contribution in [0.4, 0.5) is 22.0 Å². The standard InChI is InChI=1S/C10H10F5N.ClH/c1-6-2-4-7(5-3-6)8(16)9(11,12)10(13,14)15;/h2-5,8H,16H2,1H3;1H/t8-;/m1./s1. The summed E-state index contributed by atoms with van der Waals surface area (Å²) in [6.07, 6.45) is -5.64. The molecule has 1 aromatic rings. The van der Waals surface area contributed by atoms with Crippen LogP contribution in [0.25, 0.3) is 0 Å². The van der Waals surface area contributed by atoms with Crippen molar-refractivity contribution in [3.05, 3.63) is 35.4 Å². The first-order chi connectivity index (χ1) is 7.16. The summed E-state index contributed by atoms with van der Waals surface area (Å²) >= 11 is 0. The zero-order chi connectivity index (χ0) is 12.6. The summed E-state index contributed by atoms with van der Waals surface area (Å²) in [4.78, 5) is 0. The Bertz CT molecular complexity index is 360. The van der Waals surface area contributed by atoms with Crippen LogP contribution in [0.3, 0.4) is 0 Å². The molecule has 7 heteroatoms. The lowest BCUT2D eigenvalue weighted by Crippen LogP contribution is -2.45. The Morgan fingerprint density at radius 3 is 1.76 bits per heavy atom. The van der Waals surface area contributed by atoms with Gasteiger partial charge in [-0.25, -0.2) is 0 Å². The number of hydrogen-bond acceptors (Lipinski definition) is 1. The maximum absolute atomic E-state index is 12.9. The average Bonchev–Trinajstić information content (AvgIpc) is 2.16. The predicted molar refractivity (Wildman–Crippen MR) is 56.4 cm³/mol. The van der Waals surface area contributed by atoms with E-state index in [1.165, 1.54) is 24.3 Å². The molecule has 0 fully saturated rings. The van der Waals surface area contributed by atoms with E-state index in [2.05, 4.69) is 0 Å². The van der Waals surface area contributed by atoms with Crippen LogP contribution in [0.5, 0.6) is 0 Å². The minimum atomic E-state index is -5.64. The van der Waals surface area contributed by atoms with Crippen molar-refractivity contribution in [2.45, 2.75) is 25.1 Å². The molecule has 0 aromatic heterocycles. The number of alkyl halides is 5. The fourth-order valence-electron chi connectivity index (χ4n) is 1.16. The molecule has 1 nitrogen and oxygen atoms in total. The first-order valence-electron chi connectivity index (χ1n) is 4.43. The second kappa shape index (κ2) is 5.18. The van der Waals surface area contributed by atoms with Crippen LogP contribution in [0.15, 0.2) is 24.3 Å². The Kier molecular flexibility index (Phi) is 4.91. The van der Waals surface area contributed by atoms with Crippen LogP contribution in [0, 0.1) is 6.92 Å². The molecule has 0 heterocycles. The molecule has 0 aliphatic carbocycles. The molecule has 0 spiro atoms. The van der Waals surface area contributed by atoms with Gasteiger partial charge in [0.15, 0.2) is 0 Å². The van der Waals surface area contributed by atoms with E-state index in [9.17, 15) is 22.0 Å². The van der Waals surface area contributed by atoms with Crippen molar-refractivity contribution >= 4 is 12.4 Å². The van der Waals surface area contributed by atoms with E-state index in [0.29, 0.717) is 0 Å². The van der Waals surface area contributed by atoms with Gasteiger partial charge in [-0.2, -0.15) is 22.0 Å². The van der Waals surface area contributed by atoms with Gasteiger partial charge in [0.2, 0.25) is 0 Å². The lowest BCUT2D eigenvalue weighted by Gasteiger charge is -2.25. The average molecular weight is 276 g/mol. The number of halogens is 6. The Hall–Kier alpha value is -0.880. The summed E-state index contributed by atoms with van der Waals surface area (Å²) in [5.41, 5.74) is 5.45. The molecule has 0 saturated heterocycles. The maximum Gasteiger partial charge on any atom is 0.455 e. The van der Waals surface area contributed by atoms with Crippen molar-refractivity contribution in [3.63, 3.8) is 0 Å². The molecule has 1 atom stereocenters. The summed E-state index contributed by atoms with van der Waals surface area (Å²) in [6.45, 7) is 1.69. The first kappa shape index (κ1) is 16.1. The Labute approximate surface area is 101 Å². The lowest BCUT2D eigenvalue weighted by atomic mass is 10.00. The van der Waals surface area contributed by atoms with Gasteiger partial charge < -0.3 is 5.73 Å². The molecule has 0 unspecified atom stereocenters. The van der Waals surface area contributed by atoms with Crippen LogP contribution >= 0.6 is 12.4 Å². The van der Waals surface area contributed by atoms with E-state index in [4.69, 9.17) is 5.73 Å². The van der Waals surface area contributed by atoms with E-state index in [0.717, 1.165) is 5.56 Å². The van der Waals surface area contributed by atoms with Crippen LogP contribution in [-0.4, -0.2) is 12.1 Å². The first-order valence-corrected chi connectivity index (χ1v) is 4.43. The van der Waals surface area contributed by atoms with E-state index < -0.39 is 18.1 Å². The summed E-state index contributed by atoms with van der Waals surface area (Å²) < 4.78 is 61.8. The smallest absolute Gasteiger partial charge is 0.319 e.